The first-order valence-corrected chi connectivity index (χ1v) is 8.72. The number of anilines is 2. The molecule has 1 N–H and O–H groups in total. The van der Waals surface area contributed by atoms with Crippen molar-refractivity contribution in [2.24, 2.45) is 0 Å². The van der Waals surface area contributed by atoms with Crippen LogP contribution in [0.1, 0.15) is 10.4 Å². The van der Waals surface area contributed by atoms with Gasteiger partial charge in [0.2, 0.25) is 0 Å². The van der Waals surface area contributed by atoms with E-state index in [1.807, 2.05) is 12.1 Å². The lowest BCUT2D eigenvalue weighted by molar-refractivity contribution is 0.102. The van der Waals surface area contributed by atoms with E-state index in [9.17, 15) is 4.79 Å². The normalized spacial score (nSPS) is 14.5. The number of nitrogens with zero attached hydrogens (tertiary/aromatic N) is 3. The summed E-state index contributed by atoms with van der Waals surface area (Å²) in [6.07, 6.45) is 4.77. The Morgan fingerprint density at radius 1 is 1.24 bits per heavy atom. The summed E-state index contributed by atoms with van der Waals surface area (Å²) in [6, 6.07) is 7.13. The van der Waals surface area contributed by atoms with Crippen molar-refractivity contribution in [3.63, 3.8) is 0 Å². The molecule has 1 aliphatic heterocycles. The van der Waals surface area contributed by atoms with Crippen LogP contribution in [-0.4, -0.2) is 42.2 Å². The summed E-state index contributed by atoms with van der Waals surface area (Å²) in [5, 5.41) is 4.35. The number of hydrogen-bond donors (Lipinski definition) is 1. The Labute approximate surface area is 148 Å². The third-order valence-corrected chi connectivity index (χ3v) is 4.84. The quantitative estimate of drug-likeness (QED) is 0.774. The van der Waals surface area contributed by atoms with E-state index in [-0.39, 0.29) is 5.91 Å². The van der Waals surface area contributed by atoms with Gasteiger partial charge >= 0.3 is 0 Å². The number of aromatic nitrogens is 2. The minimum Gasteiger partial charge on any atom is -0.463 e. The molecule has 0 radical (unpaired) electrons. The molecule has 7 nitrogen and oxygen atoms in total. The molecule has 4 rings (SSSR count). The third kappa shape index (κ3) is 3.40. The number of carbonyl (C=O) groups is 1. The van der Waals surface area contributed by atoms with Gasteiger partial charge in [-0.2, -0.15) is 0 Å². The molecular weight excluding hydrogens is 340 g/mol. The predicted octanol–water partition coefficient (Wildman–Crippen LogP) is 2.89. The van der Waals surface area contributed by atoms with E-state index in [1.54, 1.807) is 24.6 Å². The number of pyridine rings is 1. The van der Waals surface area contributed by atoms with E-state index in [2.05, 4.69) is 20.2 Å². The maximum Gasteiger partial charge on any atom is 0.259 e. The van der Waals surface area contributed by atoms with Crippen LogP contribution in [0.25, 0.3) is 11.5 Å². The van der Waals surface area contributed by atoms with E-state index in [0.717, 1.165) is 23.8 Å². The highest BCUT2D eigenvalue weighted by Crippen LogP contribution is 2.39. The van der Waals surface area contributed by atoms with Crippen LogP contribution in [0.2, 0.25) is 0 Å². The van der Waals surface area contributed by atoms with Crippen molar-refractivity contribution in [2.45, 2.75) is 0 Å². The SMILES string of the molecule is O=C(Nc1nc(-c2ccco2)c(N2CCOCC2)s1)c1cccnc1. The molecule has 0 bridgehead atoms. The average molecular weight is 356 g/mol. The Hall–Kier alpha value is -2.71. The van der Waals surface area contributed by atoms with Crippen molar-refractivity contribution in [3.8, 4) is 11.5 Å². The zero-order chi connectivity index (χ0) is 17.1. The fourth-order valence-electron chi connectivity index (χ4n) is 2.59. The van der Waals surface area contributed by atoms with Crippen LogP contribution in [0, 0.1) is 0 Å². The topological polar surface area (TPSA) is 80.5 Å². The summed E-state index contributed by atoms with van der Waals surface area (Å²) >= 11 is 1.43. The zero-order valence-corrected chi connectivity index (χ0v) is 14.2. The van der Waals surface area contributed by atoms with E-state index >= 15 is 0 Å². The Morgan fingerprint density at radius 2 is 2.12 bits per heavy atom. The van der Waals surface area contributed by atoms with Gasteiger partial charge in [-0.25, -0.2) is 4.98 Å². The molecule has 1 aliphatic rings. The van der Waals surface area contributed by atoms with Crippen LogP contribution in [0.5, 0.6) is 0 Å². The number of ether oxygens (including phenoxy) is 1. The molecule has 0 aromatic carbocycles. The number of furan rings is 1. The van der Waals surface area contributed by atoms with E-state index < -0.39 is 0 Å². The first kappa shape index (κ1) is 15.8. The molecule has 0 atom stereocenters. The summed E-state index contributed by atoms with van der Waals surface area (Å²) in [6.45, 7) is 2.91. The van der Waals surface area contributed by atoms with Crippen LogP contribution in [0.3, 0.4) is 0 Å². The van der Waals surface area contributed by atoms with Crippen molar-refractivity contribution in [3.05, 3.63) is 48.5 Å². The molecule has 128 valence electrons. The van der Waals surface area contributed by atoms with Gasteiger partial charge in [0.05, 0.1) is 25.0 Å². The van der Waals surface area contributed by atoms with Crippen molar-refractivity contribution in [1.29, 1.82) is 0 Å². The number of thiazole rings is 1. The molecule has 3 aromatic heterocycles. The van der Waals surface area contributed by atoms with Gasteiger partial charge in [-0.15, -0.1) is 0 Å². The minimum absolute atomic E-state index is 0.235. The fourth-order valence-corrected chi connectivity index (χ4v) is 3.60. The fraction of sp³-hybridized carbons (Fsp3) is 0.235. The first-order chi connectivity index (χ1) is 12.3. The summed E-state index contributed by atoms with van der Waals surface area (Å²) in [5.74, 6) is 0.445. The molecule has 1 fully saturated rings. The Bertz CT molecular complexity index is 842. The number of amides is 1. The second-order valence-electron chi connectivity index (χ2n) is 5.45. The molecule has 3 aromatic rings. The number of hydrogen-bond acceptors (Lipinski definition) is 7. The van der Waals surface area contributed by atoms with Crippen molar-refractivity contribution >= 4 is 27.4 Å². The van der Waals surface area contributed by atoms with E-state index in [1.165, 1.54) is 17.5 Å². The van der Waals surface area contributed by atoms with Gasteiger partial charge in [-0.05, 0) is 24.3 Å². The molecule has 0 aliphatic carbocycles. The van der Waals surface area contributed by atoms with Gasteiger partial charge in [-0.3, -0.25) is 15.1 Å². The smallest absolute Gasteiger partial charge is 0.259 e. The van der Waals surface area contributed by atoms with Gasteiger partial charge in [0.15, 0.2) is 10.9 Å². The monoisotopic (exact) mass is 356 g/mol. The Kier molecular flexibility index (Phi) is 4.45. The first-order valence-electron chi connectivity index (χ1n) is 7.90. The lowest BCUT2D eigenvalue weighted by atomic mass is 10.3. The number of carbonyl (C=O) groups excluding carboxylic acids is 1. The Morgan fingerprint density at radius 3 is 2.84 bits per heavy atom. The maximum atomic E-state index is 12.4. The number of rotatable bonds is 4. The molecule has 0 unspecified atom stereocenters. The molecule has 1 amide bonds. The molecular formula is C17H16N4O3S. The molecule has 0 spiro atoms. The second-order valence-corrected chi connectivity index (χ2v) is 6.42. The highest BCUT2D eigenvalue weighted by Gasteiger charge is 2.23. The maximum absolute atomic E-state index is 12.4. The molecule has 25 heavy (non-hydrogen) atoms. The molecule has 4 heterocycles. The van der Waals surface area contributed by atoms with Gasteiger partial charge < -0.3 is 14.1 Å². The van der Waals surface area contributed by atoms with Crippen molar-refractivity contribution in [1.82, 2.24) is 9.97 Å². The third-order valence-electron chi connectivity index (χ3n) is 3.81. The van der Waals surface area contributed by atoms with E-state index in [4.69, 9.17) is 9.15 Å². The number of nitrogens with one attached hydrogen (secondary N) is 1. The lowest BCUT2D eigenvalue weighted by Gasteiger charge is -2.27. The van der Waals surface area contributed by atoms with Crippen molar-refractivity contribution < 1.29 is 13.9 Å². The largest absolute Gasteiger partial charge is 0.463 e. The van der Waals surface area contributed by atoms with Crippen LogP contribution in [0.4, 0.5) is 10.1 Å². The average Bonchev–Trinajstić information content (AvgIpc) is 3.33. The van der Waals surface area contributed by atoms with Crippen molar-refractivity contribution in [2.75, 3.05) is 36.5 Å². The number of morpholine rings is 1. The van der Waals surface area contributed by atoms with Gasteiger partial charge in [-0.1, -0.05) is 11.3 Å². The van der Waals surface area contributed by atoms with Crippen LogP contribution in [0.15, 0.2) is 47.3 Å². The molecule has 1 saturated heterocycles. The summed E-state index contributed by atoms with van der Waals surface area (Å²) in [4.78, 5) is 23.1. The second kappa shape index (κ2) is 7.04. The van der Waals surface area contributed by atoms with Gasteiger partial charge in [0.25, 0.3) is 5.91 Å². The standard InChI is InChI=1S/C17H16N4O3S/c22-15(12-3-1-5-18-11-12)20-17-19-14(13-4-2-8-24-13)16(25-17)21-6-9-23-10-7-21/h1-5,8,11H,6-7,9-10H2,(H,19,20,22). The molecule has 0 saturated carbocycles. The zero-order valence-electron chi connectivity index (χ0n) is 13.3. The summed E-state index contributed by atoms with van der Waals surface area (Å²) in [5.41, 5.74) is 1.23. The minimum atomic E-state index is -0.235. The van der Waals surface area contributed by atoms with Crippen LogP contribution < -0.4 is 10.2 Å². The van der Waals surface area contributed by atoms with Gasteiger partial charge in [0, 0.05) is 25.5 Å². The summed E-state index contributed by atoms with van der Waals surface area (Å²) < 4.78 is 10.9. The highest BCUT2D eigenvalue weighted by atomic mass is 32.1. The lowest BCUT2D eigenvalue weighted by Crippen LogP contribution is -2.35. The van der Waals surface area contributed by atoms with Gasteiger partial charge in [0.1, 0.15) is 10.7 Å². The predicted molar refractivity (Wildman–Crippen MR) is 95.0 cm³/mol. The molecule has 8 heteroatoms. The van der Waals surface area contributed by atoms with Crippen LogP contribution in [-0.2, 0) is 4.74 Å². The van der Waals surface area contributed by atoms with Crippen LogP contribution >= 0.6 is 11.3 Å². The van der Waals surface area contributed by atoms with E-state index in [0.29, 0.717) is 29.7 Å². The highest BCUT2D eigenvalue weighted by molar-refractivity contribution is 7.20. The Balaban J connectivity index is 1.63. The summed E-state index contributed by atoms with van der Waals surface area (Å²) in [7, 11) is 0.